The van der Waals surface area contributed by atoms with E-state index < -0.39 is 12.0 Å². The number of piperidine rings is 1. The van der Waals surface area contributed by atoms with Crippen LogP contribution < -0.4 is 10.6 Å². The lowest BCUT2D eigenvalue weighted by atomic mass is 9.79. The van der Waals surface area contributed by atoms with Crippen LogP contribution in [0.25, 0.3) is 0 Å². The Morgan fingerprint density at radius 3 is 2.50 bits per heavy atom. The summed E-state index contributed by atoms with van der Waals surface area (Å²) in [6, 6.07) is 6.61. The van der Waals surface area contributed by atoms with Gasteiger partial charge in [0.25, 0.3) is 0 Å². The van der Waals surface area contributed by atoms with Crippen LogP contribution in [0.2, 0.25) is 0 Å². The van der Waals surface area contributed by atoms with Crippen molar-refractivity contribution in [3.8, 4) is 0 Å². The number of rotatable bonds is 10. The number of nitrogens with zero attached hydrogens (tertiary/aromatic N) is 1. The molecule has 2 N–H and O–H groups in total. The lowest BCUT2D eigenvalue weighted by Crippen LogP contribution is -2.55. The van der Waals surface area contributed by atoms with Crippen LogP contribution in [0, 0.1) is 18.8 Å². The Labute approximate surface area is 229 Å². The highest BCUT2D eigenvalue weighted by Gasteiger charge is 2.50. The van der Waals surface area contributed by atoms with Gasteiger partial charge in [-0.05, 0) is 101 Å². The molecule has 1 spiro atoms. The van der Waals surface area contributed by atoms with Crippen molar-refractivity contribution in [3.05, 3.63) is 34.9 Å². The first kappa shape index (κ1) is 29.3. The summed E-state index contributed by atoms with van der Waals surface area (Å²) in [5.74, 6) is 1.88. The molecule has 3 aliphatic rings. The zero-order valence-corrected chi connectivity index (χ0v) is 24.1. The number of Topliss-reactive ketones (excluding diaryl/α,β-unsaturated/α-hetero) is 1. The molecule has 2 saturated heterocycles. The summed E-state index contributed by atoms with van der Waals surface area (Å²) in [5, 5.41) is 9.23. The van der Waals surface area contributed by atoms with E-state index in [1.807, 2.05) is 0 Å². The van der Waals surface area contributed by atoms with Gasteiger partial charge in [-0.1, -0.05) is 23.6 Å². The number of carbonyl (C=O) groups excluding carboxylic acids is 2. The van der Waals surface area contributed by atoms with Gasteiger partial charge in [-0.3, -0.25) is 14.4 Å². The van der Waals surface area contributed by atoms with E-state index in [-0.39, 0.29) is 40.9 Å². The van der Waals surface area contributed by atoms with E-state index in [1.165, 1.54) is 16.7 Å². The molecule has 0 bridgehead atoms. The molecule has 2 aliphatic heterocycles. The van der Waals surface area contributed by atoms with E-state index in [0.717, 1.165) is 70.2 Å². The molecule has 212 valence electrons. The van der Waals surface area contributed by atoms with Crippen molar-refractivity contribution in [2.75, 3.05) is 18.8 Å². The van der Waals surface area contributed by atoms with E-state index in [9.17, 15) is 18.4 Å². The fourth-order valence-corrected chi connectivity index (χ4v) is 8.40. The second-order valence-corrected chi connectivity index (χ2v) is 13.8. The number of hydrogen-bond acceptors (Lipinski definition) is 4. The highest BCUT2D eigenvalue weighted by atomic mass is 32.2. The van der Waals surface area contributed by atoms with E-state index in [1.54, 1.807) is 6.92 Å². The summed E-state index contributed by atoms with van der Waals surface area (Å²) >= 11 is 0. The highest BCUT2D eigenvalue weighted by molar-refractivity contribution is 8.12. The van der Waals surface area contributed by atoms with Gasteiger partial charge in [0, 0.05) is 31.7 Å². The Balaban J connectivity index is 1.26. The fourth-order valence-electron chi connectivity index (χ4n) is 6.52. The van der Waals surface area contributed by atoms with Gasteiger partial charge in [0.05, 0.1) is 6.17 Å². The molecule has 2 atom stereocenters. The van der Waals surface area contributed by atoms with Gasteiger partial charge in [0.1, 0.15) is 11.3 Å². The van der Waals surface area contributed by atoms with Gasteiger partial charge in [0.15, 0.2) is 0 Å². The highest BCUT2D eigenvalue weighted by Crippen LogP contribution is 2.38. The summed E-state index contributed by atoms with van der Waals surface area (Å²) in [5.41, 5.74) is 3.40. The van der Waals surface area contributed by atoms with Crippen molar-refractivity contribution in [1.82, 2.24) is 14.9 Å². The minimum atomic E-state index is -2.22. The van der Waals surface area contributed by atoms with E-state index in [4.69, 9.17) is 0 Å². The van der Waals surface area contributed by atoms with Gasteiger partial charge in [-0.25, -0.2) is 8.78 Å². The van der Waals surface area contributed by atoms with Crippen LogP contribution in [0.1, 0.15) is 81.9 Å². The predicted octanol–water partition coefficient (Wildman–Crippen LogP) is 5.41. The van der Waals surface area contributed by atoms with E-state index in [0.29, 0.717) is 12.3 Å². The summed E-state index contributed by atoms with van der Waals surface area (Å²) in [4.78, 5) is 24.4. The lowest BCUT2D eigenvalue weighted by molar-refractivity contribution is -0.125. The summed E-state index contributed by atoms with van der Waals surface area (Å²) in [6.07, 6.45) is 5.27. The number of hydrogen-bond donors (Lipinski definition) is 2. The van der Waals surface area contributed by atoms with Crippen LogP contribution in [-0.4, -0.2) is 58.3 Å². The molecule has 38 heavy (non-hydrogen) atoms. The second kappa shape index (κ2) is 13.1. The molecule has 0 radical (unpaired) electrons. The SMILES string of the molecule is C/C=S(/CCc1ccc(CCC(C)=O)cc1C)N1CCC2(CC1)NC(C1CCC(CC(F)F)CC1)NC2=O. The normalized spacial score (nSPS) is 26.7. The third kappa shape index (κ3) is 7.30. The second-order valence-electron chi connectivity index (χ2n) is 11.6. The molecular formula is C30H45F2N3O2S. The Morgan fingerprint density at radius 1 is 1.18 bits per heavy atom. The zero-order chi connectivity index (χ0) is 27.3. The lowest BCUT2D eigenvalue weighted by Gasteiger charge is -2.40. The van der Waals surface area contributed by atoms with Gasteiger partial charge in [0.2, 0.25) is 12.3 Å². The van der Waals surface area contributed by atoms with Crippen LogP contribution in [0.4, 0.5) is 8.78 Å². The molecule has 5 nitrogen and oxygen atoms in total. The molecule has 1 aromatic rings. The Kier molecular flexibility index (Phi) is 10.1. The maximum Gasteiger partial charge on any atom is 0.241 e. The average molecular weight is 550 g/mol. The van der Waals surface area contributed by atoms with Crippen LogP contribution in [0.15, 0.2) is 18.2 Å². The number of carbonyl (C=O) groups is 2. The molecule has 1 amide bonds. The monoisotopic (exact) mass is 549 g/mol. The molecule has 0 aromatic heterocycles. The maximum absolute atomic E-state index is 13.1. The summed E-state index contributed by atoms with van der Waals surface area (Å²) in [6.45, 7) is 7.74. The molecule has 2 unspecified atom stereocenters. The third-order valence-corrected chi connectivity index (χ3v) is 11.2. The van der Waals surface area contributed by atoms with Crippen LogP contribution in [-0.2, 0) is 22.4 Å². The molecule has 8 heteroatoms. The summed E-state index contributed by atoms with van der Waals surface area (Å²) < 4.78 is 28.0. The Morgan fingerprint density at radius 2 is 1.89 bits per heavy atom. The van der Waals surface area contributed by atoms with Crippen LogP contribution in [0.3, 0.4) is 0 Å². The molecule has 4 rings (SSSR count). The Hall–Kier alpha value is -1.64. The number of nitrogens with one attached hydrogen (secondary N) is 2. The molecule has 1 saturated carbocycles. The number of benzene rings is 1. The zero-order valence-electron chi connectivity index (χ0n) is 23.2. The van der Waals surface area contributed by atoms with Crippen molar-refractivity contribution in [2.45, 2.75) is 103 Å². The van der Waals surface area contributed by atoms with Crippen molar-refractivity contribution in [2.24, 2.45) is 11.8 Å². The topological polar surface area (TPSA) is 61.4 Å². The van der Waals surface area contributed by atoms with E-state index >= 15 is 0 Å². The third-order valence-electron chi connectivity index (χ3n) is 8.96. The first-order chi connectivity index (χ1) is 18.2. The van der Waals surface area contributed by atoms with Crippen LogP contribution >= 0.6 is 10.7 Å². The molecule has 1 aliphatic carbocycles. The van der Waals surface area contributed by atoms with E-state index in [2.05, 4.69) is 52.4 Å². The first-order valence-corrected chi connectivity index (χ1v) is 15.8. The molecule has 2 heterocycles. The van der Waals surface area contributed by atoms with Gasteiger partial charge in [-0.15, -0.1) is 10.7 Å². The minimum absolute atomic E-state index is 0.0132. The number of amides is 1. The van der Waals surface area contributed by atoms with Crippen molar-refractivity contribution >= 4 is 27.7 Å². The minimum Gasteiger partial charge on any atom is -0.339 e. The Bertz CT molecular complexity index is 1010. The van der Waals surface area contributed by atoms with Gasteiger partial charge >= 0.3 is 0 Å². The largest absolute Gasteiger partial charge is 0.339 e. The number of ketones is 1. The molecule has 1 aromatic carbocycles. The average Bonchev–Trinajstić information content (AvgIpc) is 3.20. The number of alkyl halides is 2. The van der Waals surface area contributed by atoms with Crippen LogP contribution in [0.5, 0.6) is 0 Å². The maximum atomic E-state index is 13.1. The molecular weight excluding hydrogens is 504 g/mol. The van der Waals surface area contributed by atoms with Crippen molar-refractivity contribution < 1.29 is 18.4 Å². The molecule has 3 fully saturated rings. The van der Waals surface area contributed by atoms with Gasteiger partial charge in [-0.2, -0.15) is 0 Å². The summed E-state index contributed by atoms with van der Waals surface area (Å²) in [7, 11) is 0.0512. The number of aryl methyl sites for hydroxylation is 3. The fraction of sp³-hybridized carbons (Fsp3) is 0.700. The van der Waals surface area contributed by atoms with Crippen molar-refractivity contribution in [3.63, 3.8) is 0 Å². The standard InChI is InChI=1S/C30H45F2N3O2S/c1-4-38(18-13-25-10-7-23(19-21(25)2)6-5-22(3)36)35-16-14-30(15-17-35)29(37)33-28(34-30)26-11-8-24(9-12-26)20-27(31)32/h4,7,10,19,24,26-28,34H,5-6,8-9,11-18,20H2,1-3H3,(H,33,37). The predicted molar refractivity (Wildman–Crippen MR) is 153 cm³/mol. The van der Waals surface area contributed by atoms with Gasteiger partial charge < -0.3 is 10.1 Å². The number of halogens is 2. The van der Waals surface area contributed by atoms with Crippen molar-refractivity contribution in [1.29, 1.82) is 0 Å². The smallest absolute Gasteiger partial charge is 0.241 e. The quantitative estimate of drug-likeness (QED) is 0.384. The first-order valence-electron chi connectivity index (χ1n) is 14.4.